The smallest absolute Gasteiger partial charge is 0.193 e. The van der Waals surface area contributed by atoms with Crippen LogP contribution in [0.5, 0.6) is 0 Å². The van der Waals surface area contributed by atoms with Crippen LogP contribution in [0.1, 0.15) is 32.3 Å². The van der Waals surface area contributed by atoms with Crippen molar-refractivity contribution < 1.29 is 8.78 Å². The molecule has 1 aliphatic rings. The number of piperidine rings is 1. The molecule has 130 valence electrons. The van der Waals surface area contributed by atoms with Crippen LogP contribution < -0.4 is 5.32 Å². The van der Waals surface area contributed by atoms with Crippen molar-refractivity contribution in [2.45, 2.75) is 33.1 Å². The zero-order chi connectivity index (χ0) is 15.9. The third kappa shape index (κ3) is 6.24. The van der Waals surface area contributed by atoms with E-state index in [-0.39, 0.29) is 29.8 Å². The van der Waals surface area contributed by atoms with Gasteiger partial charge in [-0.15, -0.1) is 24.0 Å². The zero-order valence-corrected chi connectivity index (χ0v) is 16.1. The largest absolute Gasteiger partial charge is 0.357 e. The van der Waals surface area contributed by atoms with Gasteiger partial charge in [-0.25, -0.2) is 8.78 Å². The molecular formula is C17H26F2IN3. The Bertz CT molecular complexity index is 515. The first kappa shape index (κ1) is 20.1. The van der Waals surface area contributed by atoms with Crippen LogP contribution in [0.4, 0.5) is 8.78 Å². The summed E-state index contributed by atoms with van der Waals surface area (Å²) in [6.45, 7) is 7.57. The highest BCUT2D eigenvalue weighted by Gasteiger charge is 2.18. The van der Waals surface area contributed by atoms with Crippen molar-refractivity contribution in [3.63, 3.8) is 0 Å². The number of likely N-dealkylation sites (tertiary alicyclic amines) is 1. The van der Waals surface area contributed by atoms with Gasteiger partial charge in [-0.2, -0.15) is 0 Å². The third-order valence-corrected chi connectivity index (χ3v) is 4.07. The lowest BCUT2D eigenvalue weighted by Crippen LogP contribution is -2.45. The summed E-state index contributed by atoms with van der Waals surface area (Å²) in [5.41, 5.74) is 0.381. The van der Waals surface area contributed by atoms with Crippen LogP contribution >= 0.6 is 24.0 Å². The van der Waals surface area contributed by atoms with Gasteiger partial charge in [-0.3, -0.25) is 4.99 Å². The Morgan fingerprint density at radius 2 is 2.00 bits per heavy atom. The maximum Gasteiger partial charge on any atom is 0.193 e. The molecule has 0 spiro atoms. The predicted molar refractivity (Wildman–Crippen MR) is 101 cm³/mol. The molecule has 0 atom stereocenters. The minimum atomic E-state index is -0.405. The maximum atomic E-state index is 13.6. The van der Waals surface area contributed by atoms with Gasteiger partial charge in [-0.05, 0) is 55.9 Å². The molecule has 1 aliphatic heterocycles. The van der Waals surface area contributed by atoms with Gasteiger partial charge in [0.2, 0.25) is 0 Å². The SMILES string of the molecule is CCNC(=NCCc1cc(F)ccc1F)N1CCC(C)CC1.I. The molecule has 1 aromatic carbocycles. The average molecular weight is 437 g/mol. The van der Waals surface area contributed by atoms with Crippen LogP contribution in [0.2, 0.25) is 0 Å². The van der Waals surface area contributed by atoms with Crippen molar-refractivity contribution in [2.75, 3.05) is 26.2 Å². The molecule has 0 bridgehead atoms. The molecule has 0 aliphatic carbocycles. The van der Waals surface area contributed by atoms with Crippen LogP contribution in [-0.4, -0.2) is 37.0 Å². The van der Waals surface area contributed by atoms with Crippen molar-refractivity contribution >= 4 is 29.9 Å². The van der Waals surface area contributed by atoms with Crippen LogP contribution in [0.3, 0.4) is 0 Å². The Balaban J connectivity index is 0.00000264. The van der Waals surface area contributed by atoms with E-state index in [0.717, 1.165) is 37.6 Å². The van der Waals surface area contributed by atoms with E-state index in [1.165, 1.54) is 25.0 Å². The monoisotopic (exact) mass is 437 g/mol. The zero-order valence-electron chi connectivity index (χ0n) is 13.8. The fourth-order valence-electron chi connectivity index (χ4n) is 2.66. The molecule has 0 amide bonds. The number of hydrogen-bond donors (Lipinski definition) is 1. The highest BCUT2D eigenvalue weighted by atomic mass is 127. The molecule has 1 aromatic rings. The van der Waals surface area contributed by atoms with Crippen molar-refractivity contribution in [1.29, 1.82) is 0 Å². The first-order valence-corrected chi connectivity index (χ1v) is 8.07. The summed E-state index contributed by atoms with van der Waals surface area (Å²) >= 11 is 0. The van der Waals surface area contributed by atoms with E-state index < -0.39 is 5.82 Å². The Morgan fingerprint density at radius 1 is 1.30 bits per heavy atom. The minimum Gasteiger partial charge on any atom is -0.357 e. The first-order chi connectivity index (χ1) is 10.6. The van der Waals surface area contributed by atoms with Crippen molar-refractivity contribution in [3.8, 4) is 0 Å². The van der Waals surface area contributed by atoms with Gasteiger partial charge < -0.3 is 10.2 Å². The number of nitrogens with zero attached hydrogens (tertiary/aromatic N) is 2. The van der Waals surface area contributed by atoms with Gasteiger partial charge in [0.1, 0.15) is 11.6 Å². The van der Waals surface area contributed by atoms with Crippen molar-refractivity contribution in [1.82, 2.24) is 10.2 Å². The number of halogens is 3. The van der Waals surface area contributed by atoms with Crippen LogP contribution in [0.15, 0.2) is 23.2 Å². The standard InChI is InChI=1S/C17H25F2N3.HI/c1-3-20-17(22-10-7-13(2)8-11-22)21-9-6-14-12-15(18)4-5-16(14)19;/h4-5,12-13H,3,6-11H2,1-2H3,(H,20,21);1H. The first-order valence-electron chi connectivity index (χ1n) is 8.07. The number of guanidine groups is 1. The predicted octanol–water partition coefficient (Wildman–Crippen LogP) is 3.82. The molecule has 3 nitrogen and oxygen atoms in total. The Kier molecular flexibility index (Phi) is 8.79. The van der Waals surface area contributed by atoms with E-state index in [9.17, 15) is 8.78 Å². The second kappa shape index (κ2) is 10.1. The molecule has 0 unspecified atom stereocenters. The van der Waals surface area contributed by atoms with Gasteiger partial charge in [0.25, 0.3) is 0 Å². The van der Waals surface area contributed by atoms with E-state index in [1.807, 2.05) is 6.92 Å². The Morgan fingerprint density at radius 3 is 2.65 bits per heavy atom. The summed E-state index contributed by atoms with van der Waals surface area (Å²) in [6, 6.07) is 3.56. The molecule has 6 heteroatoms. The van der Waals surface area contributed by atoms with Crippen molar-refractivity contribution in [3.05, 3.63) is 35.4 Å². The fraction of sp³-hybridized carbons (Fsp3) is 0.588. The number of hydrogen-bond acceptors (Lipinski definition) is 1. The lowest BCUT2D eigenvalue weighted by molar-refractivity contribution is 0.273. The Hall–Kier alpha value is -0.920. The average Bonchev–Trinajstić information content (AvgIpc) is 2.51. The molecule has 0 aromatic heterocycles. The molecule has 23 heavy (non-hydrogen) atoms. The van der Waals surface area contributed by atoms with Gasteiger partial charge in [0.15, 0.2) is 5.96 Å². The second-order valence-corrected chi connectivity index (χ2v) is 5.89. The topological polar surface area (TPSA) is 27.6 Å². The number of rotatable bonds is 4. The highest BCUT2D eigenvalue weighted by Crippen LogP contribution is 2.16. The normalized spacial score (nSPS) is 16.2. The lowest BCUT2D eigenvalue weighted by atomic mass is 10.00. The maximum absolute atomic E-state index is 13.6. The summed E-state index contributed by atoms with van der Waals surface area (Å²) < 4.78 is 26.8. The summed E-state index contributed by atoms with van der Waals surface area (Å²) in [7, 11) is 0. The highest BCUT2D eigenvalue weighted by molar-refractivity contribution is 14.0. The van der Waals surface area contributed by atoms with E-state index in [0.29, 0.717) is 18.5 Å². The summed E-state index contributed by atoms with van der Waals surface area (Å²) in [4.78, 5) is 6.83. The van der Waals surface area contributed by atoms with E-state index in [2.05, 4.69) is 22.1 Å². The van der Waals surface area contributed by atoms with Gasteiger partial charge in [0, 0.05) is 26.2 Å². The minimum absolute atomic E-state index is 0. The van der Waals surface area contributed by atoms with E-state index in [1.54, 1.807) is 0 Å². The van der Waals surface area contributed by atoms with Crippen molar-refractivity contribution in [2.24, 2.45) is 10.9 Å². The van der Waals surface area contributed by atoms with Crippen LogP contribution in [-0.2, 0) is 6.42 Å². The summed E-state index contributed by atoms with van der Waals surface area (Å²) in [5, 5.41) is 3.29. The molecule has 2 rings (SSSR count). The number of benzene rings is 1. The second-order valence-electron chi connectivity index (χ2n) is 5.89. The van der Waals surface area contributed by atoms with E-state index in [4.69, 9.17) is 0 Å². The molecular weight excluding hydrogens is 411 g/mol. The number of nitrogens with one attached hydrogen (secondary N) is 1. The molecule has 1 N–H and O–H groups in total. The van der Waals surface area contributed by atoms with Crippen LogP contribution in [0.25, 0.3) is 0 Å². The van der Waals surface area contributed by atoms with E-state index >= 15 is 0 Å². The summed E-state index contributed by atoms with van der Waals surface area (Å²) in [6.07, 6.45) is 2.74. The third-order valence-electron chi connectivity index (χ3n) is 4.07. The molecule has 1 heterocycles. The molecule has 1 saturated heterocycles. The molecule has 0 saturated carbocycles. The van der Waals surface area contributed by atoms with Crippen LogP contribution in [0, 0.1) is 17.6 Å². The van der Waals surface area contributed by atoms with Gasteiger partial charge in [-0.1, -0.05) is 6.92 Å². The van der Waals surface area contributed by atoms with Gasteiger partial charge >= 0.3 is 0 Å². The molecule has 0 radical (unpaired) electrons. The fourth-order valence-corrected chi connectivity index (χ4v) is 2.66. The summed E-state index contributed by atoms with van der Waals surface area (Å²) in [5.74, 6) is 0.873. The lowest BCUT2D eigenvalue weighted by Gasteiger charge is -2.33. The van der Waals surface area contributed by atoms with Gasteiger partial charge in [0.05, 0.1) is 0 Å². The molecule has 1 fully saturated rings. The Labute approximate surface area is 154 Å². The number of aliphatic imine (C=N–C) groups is 1. The quantitative estimate of drug-likeness (QED) is 0.441.